The van der Waals surface area contributed by atoms with Gasteiger partial charge in [-0.05, 0) is 41.3 Å². The Bertz CT molecular complexity index is 638. The number of carbonyl (C=O) groups excluding carboxylic acids is 1. The van der Waals surface area contributed by atoms with E-state index in [2.05, 4.69) is 5.32 Å². The van der Waals surface area contributed by atoms with Crippen LogP contribution in [0.15, 0.2) is 42.5 Å². The average Bonchev–Trinajstić information content (AvgIpc) is 2.49. The fourth-order valence-electron chi connectivity index (χ4n) is 2.23. The highest BCUT2D eigenvalue weighted by atomic mass is 16.3. The molecule has 4 heteroatoms. The number of nitrogens with two attached hydrogens (primary N) is 1. The number of primary amides is 1. The van der Waals surface area contributed by atoms with Gasteiger partial charge in [0.2, 0.25) is 5.91 Å². The van der Waals surface area contributed by atoms with E-state index in [1.54, 1.807) is 6.07 Å². The van der Waals surface area contributed by atoms with Gasteiger partial charge in [-0.2, -0.15) is 0 Å². The highest BCUT2D eigenvalue weighted by Gasteiger charge is 2.04. The summed E-state index contributed by atoms with van der Waals surface area (Å²) >= 11 is 0. The SMILES string of the molecule is Cc1cc(C(N)=O)ccc1CNCc1cccc(CO)c1. The Morgan fingerprint density at radius 2 is 1.90 bits per heavy atom. The van der Waals surface area contributed by atoms with Gasteiger partial charge in [-0.15, -0.1) is 0 Å². The molecule has 0 aliphatic carbocycles. The molecule has 0 unspecified atom stereocenters. The van der Waals surface area contributed by atoms with E-state index in [0.29, 0.717) is 12.1 Å². The van der Waals surface area contributed by atoms with Crippen LogP contribution in [-0.2, 0) is 19.7 Å². The number of rotatable bonds is 6. The molecule has 0 heterocycles. The molecule has 4 nitrogen and oxygen atoms in total. The van der Waals surface area contributed by atoms with Gasteiger partial charge in [-0.3, -0.25) is 4.79 Å². The minimum absolute atomic E-state index is 0.0571. The van der Waals surface area contributed by atoms with Gasteiger partial charge in [-0.1, -0.05) is 30.3 Å². The highest BCUT2D eigenvalue weighted by molar-refractivity contribution is 5.93. The van der Waals surface area contributed by atoms with Crippen molar-refractivity contribution in [2.24, 2.45) is 5.73 Å². The van der Waals surface area contributed by atoms with Crippen LogP contribution in [0.25, 0.3) is 0 Å². The maximum absolute atomic E-state index is 11.1. The second-order valence-electron chi connectivity index (χ2n) is 5.09. The number of aliphatic hydroxyl groups is 1. The van der Waals surface area contributed by atoms with Crippen molar-refractivity contribution < 1.29 is 9.90 Å². The third kappa shape index (κ3) is 4.15. The summed E-state index contributed by atoms with van der Waals surface area (Å²) in [5, 5.41) is 12.5. The summed E-state index contributed by atoms with van der Waals surface area (Å²) in [6, 6.07) is 13.3. The van der Waals surface area contributed by atoms with Gasteiger partial charge in [0, 0.05) is 18.7 Å². The Morgan fingerprint density at radius 3 is 2.57 bits per heavy atom. The van der Waals surface area contributed by atoms with E-state index in [-0.39, 0.29) is 6.61 Å². The fraction of sp³-hybridized carbons (Fsp3) is 0.235. The molecule has 0 bridgehead atoms. The number of hydrogen-bond donors (Lipinski definition) is 3. The lowest BCUT2D eigenvalue weighted by molar-refractivity contribution is 0.1000. The van der Waals surface area contributed by atoms with Gasteiger partial charge in [0.25, 0.3) is 0 Å². The van der Waals surface area contributed by atoms with Crippen LogP contribution in [0.2, 0.25) is 0 Å². The number of hydrogen-bond acceptors (Lipinski definition) is 3. The quantitative estimate of drug-likeness (QED) is 0.758. The van der Waals surface area contributed by atoms with E-state index in [1.165, 1.54) is 0 Å². The minimum Gasteiger partial charge on any atom is -0.392 e. The lowest BCUT2D eigenvalue weighted by Crippen LogP contribution is -2.15. The third-order valence-electron chi connectivity index (χ3n) is 3.45. The maximum atomic E-state index is 11.1. The Kier molecular flexibility index (Phi) is 5.09. The van der Waals surface area contributed by atoms with Crippen LogP contribution in [0, 0.1) is 6.92 Å². The second kappa shape index (κ2) is 7.02. The number of aliphatic hydroxyl groups excluding tert-OH is 1. The first-order valence-corrected chi connectivity index (χ1v) is 6.89. The van der Waals surface area contributed by atoms with Crippen LogP contribution in [-0.4, -0.2) is 11.0 Å². The molecule has 0 fully saturated rings. The molecule has 2 rings (SSSR count). The molecule has 0 aliphatic rings. The molecule has 0 radical (unpaired) electrons. The lowest BCUT2D eigenvalue weighted by Gasteiger charge is -2.09. The van der Waals surface area contributed by atoms with Crippen LogP contribution in [0.3, 0.4) is 0 Å². The van der Waals surface area contributed by atoms with Gasteiger partial charge in [-0.25, -0.2) is 0 Å². The monoisotopic (exact) mass is 284 g/mol. The Labute approximate surface area is 124 Å². The van der Waals surface area contributed by atoms with Crippen LogP contribution in [0.4, 0.5) is 0 Å². The number of nitrogens with one attached hydrogen (secondary N) is 1. The van der Waals surface area contributed by atoms with Crippen LogP contribution in [0.1, 0.15) is 32.6 Å². The molecule has 4 N–H and O–H groups in total. The Morgan fingerprint density at radius 1 is 1.14 bits per heavy atom. The van der Waals surface area contributed by atoms with Gasteiger partial charge < -0.3 is 16.2 Å². The van der Waals surface area contributed by atoms with E-state index in [9.17, 15) is 4.79 Å². The summed E-state index contributed by atoms with van der Waals surface area (Å²) in [4.78, 5) is 11.1. The Balaban J connectivity index is 1.95. The van der Waals surface area contributed by atoms with E-state index in [4.69, 9.17) is 10.8 Å². The lowest BCUT2D eigenvalue weighted by atomic mass is 10.0. The normalized spacial score (nSPS) is 10.6. The number of benzene rings is 2. The predicted molar refractivity (Wildman–Crippen MR) is 82.6 cm³/mol. The van der Waals surface area contributed by atoms with Crippen molar-refractivity contribution in [3.63, 3.8) is 0 Å². The molecule has 110 valence electrons. The summed E-state index contributed by atoms with van der Waals surface area (Å²) < 4.78 is 0. The minimum atomic E-state index is -0.404. The van der Waals surface area contributed by atoms with Crippen molar-refractivity contribution in [3.8, 4) is 0 Å². The Hall–Kier alpha value is -2.17. The van der Waals surface area contributed by atoms with Crippen molar-refractivity contribution >= 4 is 5.91 Å². The maximum Gasteiger partial charge on any atom is 0.248 e. The number of carbonyl (C=O) groups is 1. The van der Waals surface area contributed by atoms with Crippen molar-refractivity contribution in [1.82, 2.24) is 5.32 Å². The fourth-order valence-corrected chi connectivity index (χ4v) is 2.23. The predicted octanol–water partition coefficient (Wildman–Crippen LogP) is 1.88. The molecule has 0 atom stereocenters. The molecular weight excluding hydrogens is 264 g/mol. The molecule has 0 saturated carbocycles. The highest BCUT2D eigenvalue weighted by Crippen LogP contribution is 2.11. The topological polar surface area (TPSA) is 75.4 Å². The van der Waals surface area contributed by atoms with Gasteiger partial charge in [0.1, 0.15) is 0 Å². The summed E-state index contributed by atoms with van der Waals surface area (Å²) in [5.74, 6) is -0.404. The third-order valence-corrected chi connectivity index (χ3v) is 3.45. The zero-order valence-corrected chi connectivity index (χ0v) is 12.1. The van der Waals surface area contributed by atoms with E-state index >= 15 is 0 Å². The summed E-state index contributed by atoms with van der Waals surface area (Å²) in [6.45, 7) is 3.47. The molecule has 21 heavy (non-hydrogen) atoms. The molecule has 0 aliphatic heterocycles. The van der Waals surface area contributed by atoms with Crippen molar-refractivity contribution in [3.05, 3.63) is 70.3 Å². The van der Waals surface area contributed by atoms with Crippen molar-refractivity contribution in [2.45, 2.75) is 26.6 Å². The van der Waals surface area contributed by atoms with Crippen LogP contribution in [0.5, 0.6) is 0 Å². The molecule has 1 amide bonds. The smallest absolute Gasteiger partial charge is 0.248 e. The molecular formula is C17H20N2O2. The zero-order valence-electron chi connectivity index (χ0n) is 12.1. The first kappa shape index (κ1) is 15.2. The largest absolute Gasteiger partial charge is 0.392 e. The zero-order chi connectivity index (χ0) is 15.2. The first-order valence-electron chi connectivity index (χ1n) is 6.89. The van der Waals surface area contributed by atoms with E-state index < -0.39 is 5.91 Å². The molecule has 0 aromatic heterocycles. The molecule has 0 saturated heterocycles. The van der Waals surface area contributed by atoms with Gasteiger partial charge in [0.15, 0.2) is 0 Å². The van der Waals surface area contributed by atoms with Crippen LogP contribution >= 0.6 is 0 Å². The number of aryl methyl sites for hydroxylation is 1. The standard InChI is InChI=1S/C17H20N2O2/c1-12-7-15(17(18)21)5-6-16(12)10-19-9-13-3-2-4-14(8-13)11-20/h2-8,19-20H,9-11H2,1H3,(H2,18,21). The summed E-state index contributed by atoms with van der Waals surface area (Å²) in [7, 11) is 0. The summed E-state index contributed by atoms with van der Waals surface area (Å²) in [5.41, 5.74) is 10.0. The first-order chi connectivity index (χ1) is 10.1. The average molecular weight is 284 g/mol. The van der Waals surface area contributed by atoms with Crippen LogP contribution < -0.4 is 11.1 Å². The molecule has 2 aromatic carbocycles. The summed E-state index contributed by atoms with van der Waals surface area (Å²) in [6.07, 6.45) is 0. The van der Waals surface area contributed by atoms with Crippen molar-refractivity contribution in [2.75, 3.05) is 0 Å². The second-order valence-corrected chi connectivity index (χ2v) is 5.09. The number of amides is 1. The van der Waals surface area contributed by atoms with Gasteiger partial charge in [0.05, 0.1) is 6.61 Å². The van der Waals surface area contributed by atoms with E-state index in [1.807, 2.05) is 43.3 Å². The molecule has 2 aromatic rings. The molecule has 0 spiro atoms. The van der Waals surface area contributed by atoms with Crippen molar-refractivity contribution in [1.29, 1.82) is 0 Å². The van der Waals surface area contributed by atoms with E-state index in [0.717, 1.165) is 28.8 Å². The van der Waals surface area contributed by atoms with Gasteiger partial charge >= 0.3 is 0 Å².